The van der Waals surface area contributed by atoms with Crippen molar-refractivity contribution in [3.05, 3.63) is 28.2 Å². The Hall–Kier alpha value is -0.930. The van der Waals surface area contributed by atoms with Crippen LogP contribution >= 0.6 is 23.2 Å². The zero-order valence-corrected chi connectivity index (χ0v) is 9.10. The quantitative estimate of drug-likeness (QED) is 0.803. The molecule has 1 aromatic rings. The molecule has 0 fully saturated rings. The second-order valence-electron chi connectivity index (χ2n) is 3.02. The molecule has 0 saturated carbocycles. The van der Waals surface area contributed by atoms with E-state index in [1.165, 1.54) is 0 Å². The molecule has 1 aliphatic heterocycles. The van der Waals surface area contributed by atoms with Gasteiger partial charge in [-0.25, -0.2) is 5.01 Å². The minimum absolute atomic E-state index is 0.609. The topological polar surface area (TPSA) is 27.6 Å². The van der Waals surface area contributed by atoms with Crippen molar-refractivity contribution in [3.63, 3.8) is 0 Å². The van der Waals surface area contributed by atoms with Crippen molar-refractivity contribution in [1.82, 2.24) is 5.32 Å². The molecule has 0 aliphatic carbocycles. The van der Waals surface area contributed by atoms with Gasteiger partial charge in [0.15, 0.2) is 0 Å². The number of hydrogen-bond acceptors (Lipinski definition) is 3. The average Bonchev–Trinajstić information content (AvgIpc) is 2.51. The lowest BCUT2D eigenvalue weighted by Gasteiger charge is -2.14. The van der Waals surface area contributed by atoms with Gasteiger partial charge >= 0.3 is 0 Å². The van der Waals surface area contributed by atoms with Crippen LogP contribution in [0, 0.1) is 0 Å². The molecule has 5 heteroatoms. The highest BCUT2D eigenvalue weighted by Crippen LogP contribution is 2.29. The van der Waals surface area contributed by atoms with Gasteiger partial charge in [-0.05, 0) is 25.1 Å². The molecule has 1 N–H and O–H groups in total. The van der Waals surface area contributed by atoms with Crippen molar-refractivity contribution in [3.8, 4) is 0 Å². The number of hydrogen-bond donors (Lipinski definition) is 1. The van der Waals surface area contributed by atoms with Gasteiger partial charge in [0.25, 0.3) is 0 Å². The van der Waals surface area contributed by atoms with Crippen molar-refractivity contribution in [2.45, 2.75) is 6.92 Å². The van der Waals surface area contributed by atoms with Crippen molar-refractivity contribution < 1.29 is 0 Å². The lowest BCUT2D eigenvalue weighted by Crippen LogP contribution is -2.22. The molecule has 2 rings (SSSR count). The molecule has 0 spiro atoms. The third-order valence-electron chi connectivity index (χ3n) is 1.94. The van der Waals surface area contributed by atoms with Crippen LogP contribution < -0.4 is 10.3 Å². The molecule has 14 heavy (non-hydrogen) atoms. The molecule has 0 bridgehead atoms. The van der Waals surface area contributed by atoms with E-state index in [2.05, 4.69) is 10.4 Å². The van der Waals surface area contributed by atoms with E-state index >= 15 is 0 Å². The van der Waals surface area contributed by atoms with Gasteiger partial charge in [-0.2, -0.15) is 5.10 Å². The van der Waals surface area contributed by atoms with Crippen LogP contribution in [0.4, 0.5) is 5.69 Å². The van der Waals surface area contributed by atoms with Gasteiger partial charge < -0.3 is 5.32 Å². The molecule has 0 unspecified atom stereocenters. The number of benzene rings is 1. The summed E-state index contributed by atoms with van der Waals surface area (Å²) in [5.41, 5.74) is 0.861. The zero-order valence-electron chi connectivity index (χ0n) is 7.59. The fourth-order valence-electron chi connectivity index (χ4n) is 1.27. The number of anilines is 1. The standard InChI is InChI=1S/C9H9Cl2N3/c1-6-12-5-14(13-6)9-3-2-7(10)4-8(9)11/h2-4H,5H2,1H3,(H,12,13). The van der Waals surface area contributed by atoms with Gasteiger partial charge in [0, 0.05) is 5.02 Å². The molecular formula is C9H9Cl2N3. The Labute approximate surface area is 92.3 Å². The predicted octanol–water partition coefficient (Wildman–Crippen LogP) is 2.69. The Balaban J connectivity index is 2.33. The molecule has 1 heterocycles. The van der Waals surface area contributed by atoms with Crippen LogP contribution in [-0.2, 0) is 0 Å². The van der Waals surface area contributed by atoms with Crippen molar-refractivity contribution in [2.75, 3.05) is 11.7 Å². The highest BCUT2D eigenvalue weighted by molar-refractivity contribution is 6.36. The normalized spacial score (nSPS) is 15.4. The van der Waals surface area contributed by atoms with Gasteiger partial charge in [-0.15, -0.1) is 0 Å². The number of nitrogens with one attached hydrogen (secondary N) is 1. The molecule has 0 radical (unpaired) electrons. The highest BCUT2D eigenvalue weighted by Gasteiger charge is 2.14. The average molecular weight is 230 g/mol. The maximum Gasteiger partial charge on any atom is 0.121 e. The van der Waals surface area contributed by atoms with E-state index in [9.17, 15) is 0 Å². The molecule has 0 saturated heterocycles. The summed E-state index contributed by atoms with van der Waals surface area (Å²) in [5, 5.41) is 10.4. The van der Waals surface area contributed by atoms with Crippen LogP contribution in [0.1, 0.15) is 6.92 Å². The molecule has 0 aromatic heterocycles. The van der Waals surface area contributed by atoms with E-state index in [0.717, 1.165) is 11.5 Å². The van der Waals surface area contributed by atoms with Crippen LogP contribution in [0.5, 0.6) is 0 Å². The largest absolute Gasteiger partial charge is 0.353 e. The molecule has 0 atom stereocenters. The minimum Gasteiger partial charge on any atom is -0.353 e. The lowest BCUT2D eigenvalue weighted by atomic mass is 10.3. The SMILES string of the molecule is CC1=NN(c2ccc(Cl)cc2Cl)CN1. The molecule has 74 valence electrons. The van der Waals surface area contributed by atoms with E-state index < -0.39 is 0 Å². The van der Waals surface area contributed by atoms with Gasteiger partial charge in [0.05, 0.1) is 10.7 Å². The monoisotopic (exact) mass is 229 g/mol. The van der Waals surface area contributed by atoms with Crippen LogP contribution in [-0.4, -0.2) is 12.5 Å². The van der Waals surface area contributed by atoms with Gasteiger partial charge in [0.2, 0.25) is 0 Å². The summed E-state index contributed by atoms with van der Waals surface area (Å²) >= 11 is 11.8. The van der Waals surface area contributed by atoms with Gasteiger partial charge in [0.1, 0.15) is 12.5 Å². The maximum absolute atomic E-state index is 6.03. The molecular weight excluding hydrogens is 221 g/mol. The molecule has 1 aromatic carbocycles. The Kier molecular flexibility index (Phi) is 2.52. The van der Waals surface area contributed by atoms with E-state index in [0.29, 0.717) is 16.7 Å². The van der Waals surface area contributed by atoms with Crippen LogP contribution in [0.2, 0.25) is 10.0 Å². The van der Waals surface area contributed by atoms with Gasteiger partial charge in [-0.1, -0.05) is 23.2 Å². The smallest absolute Gasteiger partial charge is 0.121 e. The molecule has 3 nitrogen and oxygen atoms in total. The second kappa shape index (κ2) is 3.67. The zero-order chi connectivity index (χ0) is 10.1. The fourth-order valence-corrected chi connectivity index (χ4v) is 1.78. The van der Waals surface area contributed by atoms with Crippen molar-refractivity contribution in [2.24, 2.45) is 5.10 Å². The van der Waals surface area contributed by atoms with Crippen LogP contribution in [0.25, 0.3) is 0 Å². The van der Waals surface area contributed by atoms with E-state index in [1.54, 1.807) is 17.1 Å². The Morgan fingerprint density at radius 3 is 2.79 bits per heavy atom. The number of amidine groups is 1. The Morgan fingerprint density at radius 2 is 2.21 bits per heavy atom. The predicted molar refractivity (Wildman–Crippen MR) is 60.1 cm³/mol. The summed E-state index contributed by atoms with van der Waals surface area (Å²) in [6.45, 7) is 2.55. The van der Waals surface area contributed by atoms with E-state index in [-0.39, 0.29) is 0 Å². The third kappa shape index (κ3) is 1.79. The first kappa shape index (κ1) is 9.62. The number of nitrogens with zero attached hydrogens (tertiary/aromatic N) is 2. The van der Waals surface area contributed by atoms with E-state index in [4.69, 9.17) is 23.2 Å². The summed E-state index contributed by atoms with van der Waals surface area (Å²) in [4.78, 5) is 0. The van der Waals surface area contributed by atoms with Crippen LogP contribution in [0.3, 0.4) is 0 Å². The Bertz CT molecular complexity index is 390. The lowest BCUT2D eigenvalue weighted by molar-refractivity contribution is 0.869. The van der Waals surface area contributed by atoms with Crippen LogP contribution in [0.15, 0.2) is 23.3 Å². The first-order valence-electron chi connectivity index (χ1n) is 4.18. The minimum atomic E-state index is 0.609. The van der Waals surface area contributed by atoms with Crippen molar-refractivity contribution in [1.29, 1.82) is 0 Å². The first-order chi connectivity index (χ1) is 6.66. The van der Waals surface area contributed by atoms with Gasteiger partial charge in [-0.3, -0.25) is 0 Å². The second-order valence-corrected chi connectivity index (χ2v) is 3.86. The number of hydrazone groups is 1. The summed E-state index contributed by atoms with van der Waals surface area (Å²) < 4.78 is 0. The van der Waals surface area contributed by atoms with Crippen molar-refractivity contribution >= 4 is 34.7 Å². The summed E-state index contributed by atoms with van der Waals surface area (Å²) in [7, 11) is 0. The third-order valence-corrected chi connectivity index (χ3v) is 2.48. The molecule has 1 aliphatic rings. The first-order valence-corrected chi connectivity index (χ1v) is 4.94. The summed E-state index contributed by atoms with van der Waals surface area (Å²) in [6, 6.07) is 5.36. The fraction of sp³-hybridized carbons (Fsp3) is 0.222. The highest BCUT2D eigenvalue weighted by atomic mass is 35.5. The summed E-state index contributed by atoms with van der Waals surface area (Å²) in [5.74, 6) is 0.885. The number of rotatable bonds is 1. The maximum atomic E-state index is 6.03. The molecule has 0 amide bonds. The van der Waals surface area contributed by atoms with E-state index in [1.807, 2.05) is 13.0 Å². The summed E-state index contributed by atoms with van der Waals surface area (Å²) in [6.07, 6.45) is 0. The Morgan fingerprint density at radius 1 is 1.43 bits per heavy atom. The number of halogens is 2.